The van der Waals surface area contributed by atoms with Crippen LogP contribution in [0.3, 0.4) is 0 Å². The minimum absolute atomic E-state index is 0.0736. The van der Waals surface area contributed by atoms with Crippen molar-refractivity contribution in [2.24, 2.45) is 5.73 Å². The van der Waals surface area contributed by atoms with Crippen molar-refractivity contribution in [3.63, 3.8) is 0 Å². The molecular formula is C25H27F3N4O2S. The molecule has 6 nitrogen and oxygen atoms in total. The Bertz CT molecular complexity index is 1130. The van der Waals surface area contributed by atoms with Gasteiger partial charge in [0.1, 0.15) is 0 Å². The van der Waals surface area contributed by atoms with E-state index < -0.39 is 23.8 Å². The molecule has 3 aromatic rings. The Morgan fingerprint density at radius 3 is 2.54 bits per heavy atom. The number of halogens is 3. The van der Waals surface area contributed by atoms with Gasteiger partial charge < -0.3 is 21.1 Å². The highest BCUT2D eigenvalue weighted by Crippen LogP contribution is 2.30. The zero-order valence-electron chi connectivity index (χ0n) is 19.0. The molecule has 0 bridgehead atoms. The van der Waals surface area contributed by atoms with Crippen LogP contribution in [-0.2, 0) is 17.5 Å². The van der Waals surface area contributed by atoms with Crippen LogP contribution < -0.4 is 21.1 Å². The summed E-state index contributed by atoms with van der Waals surface area (Å²) in [6.07, 6.45) is -5.41. The zero-order chi connectivity index (χ0) is 25.4. The molecule has 2 aromatic carbocycles. The molecular weight excluding hydrogens is 477 g/mol. The number of benzene rings is 2. The number of nitrogens with two attached hydrogens (primary N) is 1. The van der Waals surface area contributed by atoms with Gasteiger partial charge in [-0.2, -0.15) is 25.8 Å². The SMILES string of the molecule is C[C@@H](Oc1nc(-c2ccccc2)ccc1NCC(N)CS)C(=O)NCc1cccc(C(F)(F)F)c1. The maximum absolute atomic E-state index is 12.9. The maximum atomic E-state index is 12.9. The molecule has 1 heterocycles. The number of thiol groups is 1. The predicted molar refractivity (Wildman–Crippen MR) is 133 cm³/mol. The summed E-state index contributed by atoms with van der Waals surface area (Å²) >= 11 is 4.18. The number of rotatable bonds is 10. The number of nitrogens with zero attached hydrogens (tertiary/aromatic N) is 1. The first-order chi connectivity index (χ1) is 16.7. The quantitative estimate of drug-likeness (QED) is 0.305. The van der Waals surface area contributed by atoms with Crippen molar-refractivity contribution < 1.29 is 22.7 Å². The third-order valence-corrected chi connectivity index (χ3v) is 5.57. The molecule has 0 radical (unpaired) electrons. The molecule has 0 fully saturated rings. The first kappa shape index (κ1) is 26.4. The zero-order valence-corrected chi connectivity index (χ0v) is 19.9. The van der Waals surface area contributed by atoms with Crippen LogP contribution in [-0.4, -0.2) is 35.3 Å². The van der Waals surface area contributed by atoms with E-state index >= 15 is 0 Å². The van der Waals surface area contributed by atoms with Gasteiger partial charge in [0.15, 0.2) is 6.10 Å². The molecule has 1 aromatic heterocycles. The smallest absolute Gasteiger partial charge is 0.416 e. The summed E-state index contributed by atoms with van der Waals surface area (Å²) in [6, 6.07) is 17.7. The molecule has 0 spiro atoms. The number of hydrogen-bond donors (Lipinski definition) is 4. The van der Waals surface area contributed by atoms with E-state index in [1.54, 1.807) is 13.0 Å². The van der Waals surface area contributed by atoms with E-state index in [9.17, 15) is 18.0 Å². The fourth-order valence-corrected chi connectivity index (χ4v) is 3.28. The van der Waals surface area contributed by atoms with Gasteiger partial charge in [0, 0.05) is 30.4 Å². The molecule has 0 saturated carbocycles. The standard InChI is InChI=1S/C25H27F3N4O2S/c1-16(23(33)31-13-17-6-5-9-19(12-17)25(26,27)28)34-24-22(30-14-20(29)15-35)11-10-21(32-24)18-7-3-2-4-8-18/h2-12,16,20,30,35H,13-15,29H2,1H3,(H,31,33)/t16-,20?/m1/s1. The lowest BCUT2D eigenvalue weighted by Gasteiger charge is -2.19. The highest BCUT2D eigenvalue weighted by Gasteiger charge is 2.30. The Labute approximate surface area is 207 Å². The lowest BCUT2D eigenvalue weighted by Crippen LogP contribution is -2.36. The first-order valence-electron chi connectivity index (χ1n) is 10.9. The van der Waals surface area contributed by atoms with Crippen LogP contribution in [0, 0.1) is 0 Å². The van der Waals surface area contributed by atoms with Gasteiger partial charge in [0.25, 0.3) is 5.91 Å². The molecule has 2 atom stereocenters. The summed E-state index contributed by atoms with van der Waals surface area (Å²) in [5.41, 5.74) is 7.57. The Hall–Kier alpha value is -3.24. The van der Waals surface area contributed by atoms with Gasteiger partial charge in [-0.25, -0.2) is 4.98 Å². The molecule has 0 aliphatic heterocycles. The third-order valence-electron chi connectivity index (χ3n) is 5.10. The van der Waals surface area contributed by atoms with E-state index in [0.29, 0.717) is 29.2 Å². The predicted octanol–water partition coefficient (Wildman–Crippen LogP) is 4.52. The van der Waals surface area contributed by atoms with Gasteiger partial charge >= 0.3 is 6.18 Å². The fourth-order valence-electron chi connectivity index (χ4n) is 3.15. The van der Waals surface area contributed by atoms with Crippen molar-refractivity contribution in [2.45, 2.75) is 31.8 Å². The summed E-state index contributed by atoms with van der Waals surface area (Å²) < 4.78 is 44.7. The number of alkyl halides is 3. The van der Waals surface area contributed by atoms with Crippen LogP contribution in [0.2, 0.25) is 0 Å². The molecule has 186 valence electrons. The molecule has 35 heavy (non-hydrogen) atoms. The molecule has 0 aliphatic rings. The van der Waals surface area contributed by atoms with Gasteiger partial charge in [-0.3, -0.25) is 4.79 Å². The van der Waals surface area contributed by atoms with Crippen molar-refractivity contribution in [1.82, 2.24) is 10.3 Å². The molecule has 3 rings (SSSR count). The van der Waals surface area contributed by atoms with Crippen LogP contribution in [0.15, 0.2) is 66.7 Å². The minimum Gasteiger partial charge on any atom is -0.463 e. The third kappa shape index (κ3) is 7.63. The second-order valence-electron chi connectivity index (χ2n) is 7.91. The van der Waals surface area contributed by atoms with E-state index in [2.05, 4.69) is 28.2 Å². The van der Waals surface area contributed by atoms with Crippen molar-refractivity contribution >= 4 is 24.2 Å². The molecule has 10 heteroatoms. The van der Waals surface area contributed by atoms with Crippen molar-refractivity contribution in [3.8, 4) is 17.1 Å². The maximum Gasteiger partial charge on any atom is 0.416 e. The summed E-state index contributed by atoms with van der Waals surface area (Å²) in [6.45, 7) is 1.89. The number of ether oxygens (including phenoxy) is 1. The van der Waals surface area contributed by atoms with Crippen LogP contribution in [0.25, 0.3) is 11.3 Å². The Morgan fingerprint density at radius 2 is 1.86 bits per heavy atom. The van der Waals surface area contributed by atoms with Gasteiger partial charge in [-0.05, 0) is 36.8 Å². The highest BCUT2D eigenvalue weighted by molar-refractivity contribution is 7.80. The van der Waals surface area contributed by atoms with Crippen molar-refractivity contribution in [1.29, 1.82) is 0 Å². The number of anilines is 1. The number of carbonyl (C=O) groups excluding carboxylic acids is 1. The number of aromatic nitrogens is 1. The number of nitrogens with one attached hydrogen (secondary N) is 2. The lowest BCUT2D eigenvalue weighted by molar-refractivity contribution is -0.137. The summed E-state index contributed by atoms with van der Waals surface area (Å²) in [4.78, 5) is 17.2. The second kappa shape index (κ2) is 11.9. The van der Waals surface area contributed by atoms with E-state index in [1.807, 2.05) is 36.4 Å². The van der Waals surface area contributed by atoms with Gasteiger partial charge in [0.05, 0.1) is 16.9 Å². The van der Waals surface area contributed by atoms with Crippen molar-refractivity contribution in [2.75, 3.05) is 17.6 Å². The molecule has 0 aliphatic carbocycles. The number of pyridine rings is 1. The van der Waals surface area contributed by atoms with Gasteiger partial charge in [-0.1, -0.05) is 42.5 Å². The van der Waals surface area contributed by atoms with Crippen molar-refractivity contribution in [3.05, 3.63) is 77.9 Å². The van der Waals surface area contributed by atoms with E-state index in [-0.39, 0.29) is 18.5 Å². The number of carbonyl (C=O) groups is 1. The molecule has 4 N–H and O–H groups in total. The van der Waals surface area contributed by atoms with Crippen LogP contribution in [0.5, 0.6) is 5.88 Å². The number of amides is 1. The highest BCUT2D eigenvalue weighted by atomic mass is 32.1. The average Bonchev–Trinajstić information content (AvgIpc) is 2.86. The van der Waals surface area contributed by atoms with Crippen LogP contribution in [0.4, 0.5) is 18.9 Å². The molecule has 0 saturated heterocycles. The van der Waals surface area contributed by atoms with E-state index in [1.165, 1.54) is 12.1 Å². The lowest BCUT2D eigenvalue weighted by atomic mass is 10.1. The average molecular weight is 505 g/mol. The second-order valence-corrected chi connectivity index (χ2v) is 8.28. The van der Waals surface area contributed by atoms with E-state index in [4.69, 9.17) is 10.5 Å². The normalized spacial score (nSPS) is 13.1. The fraction of sp³-hybridized carbons (Fsp3) is 0.280. The number of hydrogen-bond acceptors (Lipinski definition) is 6. The summed E-state index contributed by atoms with van der Waals surface area (Å²) in [7, 11) is 0. The monoisotopic (exact) mass is 504 g/mol. The Balaban J connectivity index is 1.73. The molecule has 1 amide bonds. The molecule has 1 unspecified atom stereocenters. The van der Waals surface area contributed by atoms with Gasteiger partial charge in [0.2, 0.25) is 5.88 Å². The van der Waals surface area contributed by atoms with Crippen LogP contribution >= 0.6 is 12.6 Å². The van der Waals surface area contributed by atoms with Gasteiger partial charge in [-0.15, -0.1) is 0 Å². The summed E-state index contributed by atoms with van der Waals surface area (Å²) in [5.74, 6) is 0.194. The minimum atomic E-state index is -4.45. The largest absolute Gasteiger partial charge is 0.463 e. The first-order valence-corrected chi connectivity index (χ1v) is 11.6. The summed E-state index contributed by atoms with van der Waals surface area (Å²) in [5, 5.41) is 5.78. The van der Waals surface area contributed by atoms with E-state index in [0.717, 1.165) is 17.7 Å². The van der Waals surface area contributed by atoms with Crippen LogP contribution in [0.1, 0.15) is 18.1 Å². The Morgan fingerprint density at radius 1 is 1.11 bits per heavy atom. The Kier molecular flexibility index (Phi) is 9.00. The topological polar surface area (TPSA) is 89.3 Å².